The lowest BCUT2D eigenvalue weighted by molar-refractivity contribution is -0.123. The van der Waals surface area contributed by atoms with E-state index >= 15 is 0 Å². The first-order chi connectivity index (χ1) is 13.9. The number of rotatable bonds is 4. The third-order valence-electron chi connectivity index (χ3n) is 5.12. The molecule has 2 aliphatic heterocycles. The largest absolute Gasteiger partial charge is 0.308 e. The van der Waals surface area contributed by atoms with Crippen LogP contribution in [0.1, 0.15) is 37.4 Å². The molecule has 0 aliphatic carbocycles. The molecule has 0 aromatic heterocycles. The number of thioether (sulfide) groups is 1. The lowest BCUT2D eigenvalue weighted by Crippen LogP contribution is -2.32. The van der Waals surface area contributed by atoms with Crippen molar-refractivity contribution in [2.75, 3.05) is 11.4 Å². The van der Waals surface area contributed by atoms with Gasteiger partial charge >= 0.3 is 0 Å². The molecule has 2 aliphatic rings. The van der Waals surface area contributed by atoms with E-state index in [9.17, 15) is 9.59 Å². The normalized spacial score (nSPS) is 19.9. The van der Waals surface area contributed by atoms with E-state index < -0.39 is 0 Å². The van der Waals surface area contributed by atoms with Crippen LogP contribution in [0.3, 0.4) is 0 Å². The lowest BCUT2D eigenvalue weighted by atomic mass is 10.1. The molecule has 0 spiro atoms. The van der Waals surface area contributed by atoms with Crippen LogP contribution in [-0.2, 0) is 9.59 Å². The molecule has 0 bridgehead atoms. The maximum Gasteiger partial charge on any atom is 0.267 e. The highest BCUT2D eigenvalue weighted by atomic mass is 79.9. The Bertz CT molecular complexity index is 1050. The number of hydrogen-bond acceptors (Lipinski definition) is 4. The van der Waals surface area contributed by atoms with Crippen LogP contribution < -0.4 is 4.90 Å². The average Bonchev–Trinajstić information content (AvgIpc) is 3.14. The van der Waals surface area contributed by atoms with Crippen LogP contribution in [0.4, 0.5) is 5.69 Å². The van der Waals surface area contributed by atoms with Crippen molar-refractivity contribution in [3.8, 4) is 0 Å². The number of amides is 2. The molecule has 1 fully saturated rings. The van der Waals surface area contributed by atoms with E-state index in [4.69, 9.17) is 12.2 Å². The zero-order valence-corrected chi connectivity index (χ0v) is 19.2. The molecule has 1 unspecified atom stereocenters. The highest BCUT2D eigenvalue weighted by molar-refractivity contribution is 9.10. The minimum absolute atomic E-state index is 0.132. The average molecular weight is 487 g/mol. The molecule has 1 saturated heterocycles. The van der Waals surface area contributed by atoms with Gasteiger partial charge < -0.3 is 4.90 Å². The summed E-state index contributed by atoms with van der Waals surface area (Å²) in [6.45, 7) is 4.60. The number of carbonyl (C=O) groups is 2. The lowest BCUT2D eigenvalue weighted by Gasteiger charge is -2.23. The monoisotopic (exact) mass is 486 g/mol. The van der Waals surface area contributed by atoms with Gasteiger partial charge in [0.15, 0.2) is 0 Å². The van der Waals surface area contributed by atoms with Gasteiger partial charge in [-0.25, -0.2) is 0 Å². The number of benzene rings is 2. The van der Waals surface area contributed by atoms with Gasteiger partial charge in [-0.15, -0.1) is 0 Å². The Hall–Kier alpha value is -1.96. The van der Waals surface area contributed by atoms with Crippen molar-refractivity contribution in [2.45, 2.75) is 26.3 Å². The summed E-state index contributed by atoms with van der Waals surface area (Å²) >= 11 is 10.3. The van der Waals surface area contributed by atoms with Crippen LogP contribution >= 0.6 is 39.9 Å². The van der Waals surface area contributed by atoms with Crippen LogP contribution in [0.5, 0.6) is 0 Å². The molecule has 148 valence electrons. The minimum atomic E-state index is -0.205. The van der Waals surface area contributed by atoms with Crippen LogP contribution in [0.25, 0.3) is 5.57 Å². The highest BCUT2D eigenvalue weighted by Crippen LogP contribution is 2.47. The van der Waals surface area contributed by atoms with E-state index in [0.717, 1.165) is 27.7 Å². The summed E-state index contributed by atoms with van der Waals surface area (Å²) in [5, 5.41) is 0. The summed E-state index contributed by atoms with van der Waals surface area (Å²) in [6, 6.07) is 15.3. The zero-order valence-electron chi connectivity index (χ0n) is 16.0. The molecule has 2 heterocycles. The summed E-state index contributed by atoms with van der Waals surface area (Å²) in [7, 11) is 0. The molecule has 2 aromatic carbocycles. The second-order valence-electron chi connectivity index (χ2n) is 6.95. The van der Waals surface area contributed by atoms with Crippen molar-refractivity contribution in [3.05, 3.63) is 69.0 Å². The number of hydrogen-bond donors (Lipinski definition) is 0. The predicted octanol–water partition coefficient (Wildman–Crippen LogP) is 5.54. The number of nitrogens with zero attached hydrogens (tertiary/aromatic N) is 2. The van der Waals surface area contributed by atoms with Gasteiger partial charge in [0.2, 0.25) is 0 Å². The Balaban J connectivity index is 1.80. The number of thiocarbonyl (C=S) groups is 1. The fraction of sp³-hybridized carbons (Fsp3) is 0.227. The van der Waals surface area contributed by atoms with Gasteiger partial charge in [0.05, 0.1) is 22.2 Å². The van der Waals surface area contributed by atoms with Crippen LogP contribution in [-0.4, -0.2) is 27.6 Å². The van der Waals surface area contributed by atoms with Crippen molar-refractivity contribution in [2.24, 2.45) is 0 Å². The third kappa shape index (κ3) is 3.45. The van der Waals surface area contributed by atoms with Crippen molar-refractivity contribution >= 4 is 67.3 Å². The molecule has 29 heavy (non-hydrogen) atoms. The number of fused-ring (bicyclic) bond motifs is 1. The van der Waals surface area contributed by atoms with Gasteiger partial charge in [-0.05, 0) is 37.1 Å². The van der Waals surface area contributed by atoms with Crippen molar-refractivity contribution < 1.29 is 9.59 Å². The zero-order chi connectivity index (χ0) is 20.7. The Morgan fingerprint density at radius 1 is 1.10 bits per heavy atom. The molecule has 4 rings (SSSR count). The van der Waals surface area contributed by atoms with E-state index in [2.05, 4.69) is 15.9 Å². The first-order valence-electron chi connectivity index (χ1n) is 9.40. The summed E-state index contributed by atoms with van der Waals surface area (Å²) in [5.74, 6) is -0.336. The van der Waals surface area contributed by atoms with E-state index in [1.165, 1.54) is 11.8 Å². The number of halogens is 1. The second-order valence-corrected chi connectivity index (χ2v) is 9.51. The van der Waals surface area contributed by atoms with Gasteiger partial charge in [0.25, 0.3) is 11.8 Å². The standard InChI is InChI=1S/C22H19BrN2O2S2/c1-3-11-24-17-10-9-15(23)12-16(17)18(20(24)26)19-21(27)25(22(28)29-19)13(2)14-7-5-4-6-8-14/h4-10,12-13H,3,11H2,1-2H3/b19-18+. The number of carbonyl (C=O) groups excluding carboxylic acids is 2. The smallest absolute Gasteiger partial charge is 0.267 e. The molecule has 2 aromatic rings. The van der Waals surface area contributed by atoms with Crippen LogP contribution in [0, 0.1) is 0 Å². The maximum absolute atomic E-state index is 13.4. The van der Waals surface area contributed by atoms with Crippen LogP contribution in [0.2, 0.25) is 0 Å². The first-order valence-corrected chi connectivity index (χ1v) is 11.4. The molecule has 4 nitrogen and oxygen atoms in total. The molecule has 7 heteroatoms. The fourth-order valence-electron chi connectivity index (χ4n) is 3.71. The van der Waals surface area contributed by atoms with Gasteiger partial charge in [0, 0.05) is 16.6 Å². The second kappa shape index (κ2) is 8.05. The quantitative estimate of drug-likeness (QED) is 0.420. The molecule has 0 radical (unpaired) electrons. The number of anilines is 1. The molecular weight excluding hydrogens is 468 g/mol. The molecule has 2 amide bonds. The highest BCUT2D eigenvalue weighted by Gasteiger charge is 2.43. The Labute approximate surface area is 188 Å². The molecule has 0 saturated carbocycles. The van der Waals surface area contributed by atoms with Gasteiger partial charge in [-0.3, -0.25) is 14.5 Å². The van der Waals surface area contributed by atoms with E-state index in [1.54, 1.807) is 9.80 Å². The van der Waals surface area contributed by atoms with Crippen molar-refractivity contribution in [3.63, 3.8) is 0 Å². The Morgan fingerprint density at radius 2 is 1.83 bits per heavy atom. The fourth-order valence-corrected chi connectivity index (χ4v) is 5.56. The van der Waals surface area contributed by atoms with Crippen molar-refractivity contribution in [1.29, 1.82) is 0 Å². The topological polar surface area (TPSA) is 40.6 Å². The van der Waals surface area contributed by atoms with Gasteiger partial charge in [-0.1, -0.05) is 77.2 Å². The third-order valence-corrected chi connectivity index (χ3v) is 7.01. The predicted molar refractivity (Wildman–Crippen MR) is 126 cm³/mol. The molecule has 0 N–H and O–H groups in total. The summed E-state index contributed by atoms with van der Waals surface area (Å²) in [5.41, 5.74) is 3.08. The summed E-state index contributed by atoms with van der Waals surface area (Å²) < 4.78 is 1.35. The summed E-state index contributed by atoms with van der Waals surface area (Å²) in [4.78, 5) is 30.5. The van der Waals surface area contributed by atoms with Crippen molar-refractivity contribution in [1.82, 2.24) is 4.90 Å². The summed E-state index contributed by atoms with van der Waals surface area (Å²) in [6.07, 6.45) is 0.834. The van der Waals surface area contributed by atoms with E-state index in [0.29, 0.717) is 21.3 Å². The van der Waals surface area contributed by atoms with Gasteiger partial charge in [0.1, 0.15) is 4.32 Å². The van der Waals surface area contributed by atoms with E-state index in [1.807, 2.05) is 62.4 Å². The molecular formula is C22H19BrN2O2S2. The SMILES string of the molecule is CCCN1C(=O)/C(=C2/SC(=S)N(C(C)c3ccccc3)C2=O)c2cc(Br)ccc21. The first kappa shape index (κ1) is 20.3. The van der Waals surface area contributed by atoms with Crippen LogP contribution in [0.15, 0.2) is 57.9 Å². The van der Waals surface area contributed by atoms with E-state index in [-0.39, 0.29) is 17.9 Å². The Morgan fingerprint density at radius 3 is 2.52 bits per heavy atom. The Kier molecular flexibility index (Phi) is 5.64. The van der Waals surface area contributed by atoms with Gasteiger partial charge in [-0.2, -0.15) is 0 Å². The molecule has 1 atom stereocenters. The minimum Gasteiger partial charge on any atom is -0.308 e. The maximum atomic E-state index is 13.4.